The van der Waals surface area contributed by atoms with Crippen LogP contribution in [0, 0.1) is 0 Å². The van der Waals surface area contributed by atoms with Gasteiger partial charge in [-0.15, -0.1) is 0 Å². The van der Waals surface area contributed by atoms with Gasteiger partial charge in [-0.25, -0.2) is 12.8 Å². The van der Waals surface area contributed by atoms with Crippen LogP contribution in [-0.2, 0) is 14.8 Å². The first kappa shape index (κ1) is 12.9. The summed E-state index contributed by atoms with van der Waals surface area (Å²) in [6.45, 7) is 1.72. The first-order chi connectivity index (χ1) is 7.50. The highest BCUT2D eigenvalue weighted by Gasteiger charge is 2.19. The third-order valence-electron chi connectivity index (χ3n) is 2.16. The van der Waals surface area contributed by atoms with E-state index in [0.717, 1.165) is 0 Å². The number of carbonyl (C=O) groups excluding carboxylic acids is 1. The van der Waals surface area contributed by atoms with E-state index >= 15 is 0 Å². The molecule has 0 saturated heterocycles. The molecule has 0 heterocycles. The number of sulfonamides is 1. The number of hydrogen-bond donors (Lipinski definition) is 1. The van der Waals surface area contributed by atoms with Crippen molar-refractivity contribution >= 4 is 16.3 Å². The van der Waals surface area contributed by atoms with E-state index in [9.17, 15) is 17.6 Å². The minimum atomic E-state index is -3.49. The van der Waals surface area contributed by atoms with Gasteiger partial charge >= 0.3 is 0 Å². The van der Waals surface area contributed by atoms with E-state index in [2.05, 4.69) is 4.72 Å². The quantitative estimate of drug-likeness (QED) is 0.747. The van der Waals surface area contributed by atoms with Crippen LogP contribution < -0.4 is 4.72 Å². The van der Waals surface area contributed by atoms with E-state index < -0.39 is 15.9 Å². The molecular weight excluding hydrogens is 233 g/mol. The number of halogens is 1. The van der Waals surface area contributed by atoms with Crippen molar-refractivity contribution in [2.45, 2.75) is 26.2 Å². The lowest BCUT2D eigenvalue weighted by Gasteiger charge is -2.15. The summed E-state index contributed by atoms with van der Waals surface area (Å²) in [5.41, 5.74) is -0.0986. The monoisotopic (exact) mass is 247 g/mol. The predicted octanol–water partition coefficient (Wildman–Crippen LogP) is 1.42. The Kier molecular flexibility index (Phi) is 4.23. The molecule has 0 unspecified atom stereocenters. The maximum absolute atomic E-state index is 13.5. The van der Waals surface area contributed by atoms with Gasteiger partial charge < -0.3 is 0 Å². The molecule has 0 bridgehead atoms. The number of allylic oxidation sites excluding steroid dienone is 4. The van der Waals surface area contributed by atoms with E-state index in [1.165, 1.54) is 6.08 Å². The lowest BCUT2D eigenvalue weighted by molar-refractivity contribution is -0.104. The van der Waals surface area contributed by atoms with Gasteiger partial charge in [0, 0.05) is 5.57 Å². The SMILES string of the molecule is CCCS(=O)(=O)NC1=C(F)C(C=O)=CCC1. The highest BCUT2D eigenvalue weighted by atomic mass is 32.2. The predicted molar refractivity (Wildman–Crippen MR) is 58.7 cm³/mol. The van der Waals surface area contributed by atoms with Crippen LogP contribution in [-0.4, -0.2) is 20.5 Å². The van der Waals surface area contributed by atoms with Crippen LogP contribution in [0.2, 0.25) is 0 Å². The Bertz CT molecular complexity index is 437. The van der Waals surface area contributed by atoms with Crippen LogP contribution >= 0.6 is 0 Å². The van der Waals surface area contributed by atoms with Crippen molar-refractivity contribution in [2.24, 2.45) is 0 Å². The molecule has 1 aliphatic rings. The fourth-order valence-electron chi connectivity index (χ4n) is 1.45. The normalized spacial score (nSPS) is 17.0. The summed E-state index contributed by atoms with van der Waals surface area (Å²) < 4.78 is 38.6. The molecule has 0 atom stereocenters. The van der Waals surface area contributed by atoms with Gasteiger partial charge in [-0.1, -0.05) is 13.0 Å². The second kappa shape index (κ2) is 5.25. The van der Waals surface area contributed by atoms with Gasteiger partial charge in [-0.3, -0.25) is 9.52 Å². The molecule has 90 valence electrons. The summed E-state index contributed by atoms with van der Waals surface area (Å²) in [5, 5.41) is 0. The van der Waals surface area contributed by atoms with Gasteiger partial charge in [0.2, 0.25) is 10.0 Å². The number of hydrogen-bond acceptors (Lipinski definition) is 3. The summed E-state index contributed by atoms with van der Waals surface area (Å²) in [5.74, 6) is -0.815. The maximum Gasteiger partial charge on any atom is 0.232 e. The molecule has 4 nitrogen and oxygen atoms in total. The number of nitrogens with one attached hydrogen (secondary N) is 1. The van der Waals surface area contributed by atoms with Crippen LogP contribution in [0.15, 0.2) is 23.2 Å². The molecule has 1 N–H and O–H groups in total. The molecule has 0 fully saturated rings. The molecular formula is C10H14FNO3S. The molecule has 0 radical (unpaired) electrons. The van der Waals surface area contributed by atoms with Crippen LogP contribution in [0.3, 0.4) is 0 Å². The number of carbonyl (C=O) groups is 1. The third kappa shape index (κ3) is 3.16. The van der Waals surface area contributed by atoms with E-state index in [1.54, 1.807) is 6.92 Å². The molecule has 1 rings (SSSR count). The van der Waals surface area contributed by atoms with Gasteiger partial charge in [0.15, 0.2) is 12.1 Å². The van der Waals surface area contributed by atoms with Crippen molar-refractivity contribution in [1.82, 2.24) is 4.72 Å². The topological polar surface area (TPSA) is 63.2 Å². The zero-order valence-corrected chi connectivity index (χ0v) is 9.81. The minimum Gasteiger partial charge on any atom is -0.298 e. The van der Waals surface area contributed by atoms with Gasteiger partial charge in [0.05, 0.1) is 11.4 Å². The van der Waals surface area contributed by atoms with Crippen molar-refractivity contribution in [3.05, 3.63) is 23.2 Å². The zero-order valence-electron chi connectivity index (χ0n) is 8.99. The third-order valence-corrected chi connectivity index (χ3v) is 3.66. The Morgan fingerprint density at radius 2 is 2.25 bits per heavy atom. The standard InChI is InChI=1S/C10H14FNO3S/c1-2-6-16(14,15)12-9-5-3-4-8(7-13)10(9)11/h4,7,12H,2-3,5-6H2,1H3. The van der Waals surface area contributed by atoms with E-state index in [4.69, 9.17) is 0 Å². The smallest absolute Gasteiger partial charge is 0.232 e. The van der Waals surface area contributed by atoms with Crippen molar-refractivity contribution in [3.8, 4) is 0 Å². The highest BCUT2D eigenvalue weighted by Crippen LogP contribution is 2.23. The first-order valence-electron chi connectivity index (χ1n) is 5.05. The summed E-state index contributed by atoms with van der Waals surface area (Å²) in [6, 6.07) is 0. The molecule has 0 aliphatic heterocycles. The van der Waals surface area contributed by atoms with Gasteiger partial charge in [0.1, 0.15) is 0 Å². The van der Waals surface area contributed by atoms with E-state index in [1.807, 2.05) is 0 Å². The largest absolute Gasteiger partial charge is 0.298 e. The Morgan fingerprint density at radius 1 is 1.56 bits per heavy atom. The number of rotatable bonds is 5. The average molecular weight is 247 g/mol. The molecule has 0 saturated carbocycles. The van der Waals surface area contributed by atoms with E-state index in [0.29, 0.717) is 19.1 Å². The van der Waals surface area contributed by atoms with Crippen molar-refractivity contribution in [1.29, 1.82) is 0 Å². The summed E-state index contributed by atoms with van der Waals surface area (Å²) in [7, 11) is -3.49. The van der Waals surface area contributed by atoms with Gasteiger partial charge in [-0.2, -0.15) is 0 Å². The average Bonchev–Trinajstić information content (AvgIpc) is 2.21. The molecule has 6 heteroatoms. The van der Waals surface area contributed by atoms with Gasteiger partial charge in [0.25, 0.3) is 0 Å². The van der Waals surface area contributed by atoms with Crippen molar-refractivity contribution in [2.75, 3.05) is 5.75 Å². The highest BCUT2D eigenvalue weighted by molar-refractivity contribution is 7.89. The van der Waals surface area contributed by atoms with Crippen LogP contribution in [0.5, 0.6) is 0 Å². The molecule has 0 aromatic rings. The number of aldehydes is 1. The Hall–Kier alpha value is -1.17. The van der Waals surface area contributed by atoms with Crippen LogP contribution in [0.1, 0.15) is 26.2 Å². The fourth-order valence-corrected chi connectivity index (χ4v) is 2.66. The Balaban J connectivity index is 2.89. The summed E-state index contributed by atoms with van der Waals surface area (Å²) >= 11 is 0. The Morgan fingerprint density at radius 3 is 2.81 bits per heavy atom. The second-order valence-electron chi connectivity index (χ2n) is 3.53. The lowest BCUT2D eigenvalue weighted by atomic mass is 10.0. The fraction of sp³-hybridized carbons (Fsp3) is 0.500. The first-order valence-corrected chi connectivity index (χ1v) is 6.70. The summed E-state index contributed by atoms with van der Waals surface area (Å²) in [6.07, 6.45) is 3.04. The zero-order chi connectivity index (χ0) is 12.2. The van der Waals surface area contributed by atoms with E-state index in [-0.39, 0.29) is 23.4 Å². The second-order valence-corrected chi connectivity index (χ2v) is 5.37. The minimum absolute atomic E-state index is 0.0157. The molecule has 0 spiro atoms. The van der Waals surface area contributed by atoms with Crippen LogP contribution in [0.25, 0.3) is 0 Å². The molecule has 0 amide bonds. The molecule has 1 aliphatic carbocycles. The molecule has 0 aromatic carbocycles. The summed E-state index contributed by atoms with van der Waals surface area (Å²) in [4.78, 5) is 10.5. The molecule has 16 heavy (non-hydrogen) atoms. The van der Waals surface area contributed by atoms with Crippen molar-refractivity contribution in [3.63, 3.8) is 0 Å². The molecule has 0 aromatic heterocycles. The van der Waals surface area contributed by atoms with Crippen molar-refractivity contribution < 1.29 is 17.6 Å². The lowest BCUT2D eigenvalue weighted by Crippen LogP contribution is -2.27. The Labute approximate surface area is 94.3 Å². The maximum atomic E-state index is 13.5. The van der Waals surface area contributed by atoms with Crippen LogP contribution in [0.4, 0.5) is 4.39 Å². The van der Waals surface area contributed by atoms with Gasteiger partial charge in [-0.05, 0) is 19.3 Å².